The normalized spacial score (nSPS) is 16.2. The molecule has 4 rings (SSSR count). The number of ether oxygens (including phenoxy) is 2. The first-order valence-electron chi connectivity index (χ1n) is 11.2. The van der Waals surface area contributed by atoms with E-state index in [1.165, 1.54) is 25.5 Å². The fraction of sp³-hybridized carbons (Fsp3) is 0.458. The maximum Gasteiger partial charge on any atom is 0.254 e. The van der Waals surface area contributed by atoms with E-state index in [-0.39, 0.29) is 23.8 Å². The largest absolute Gasteiger partial charge is 0.491 e. The molecule has 0 bridgehead atoms. The highest BCUT2D eigenvalue weighted by Gasteiger charge is 2.30. The van der Waals surface area contributed by atoms with Gasteiger partial charge in [-0.1, -0.05) is 12.5 Å². The number of aromatic nitrogens is 1. The Morgan fingerprint density at radius 3 is 2.53 bits per heavy atom. The van der Waals surface area contributed by atoms with Gasteiger partial charge in [0.15, 0.2) is 11.5 Å². The minimum Gasteiger partial charge on any atom is -0.491 e. The van der Waals surface area contributed by atoms with Crippen LogP contribution >= 0.6 is 0 Å². The number of amides is 2. The quantitative estimate of drug-likeness (QED) is 0.569. The van der Waals surface area contributed by atoms with Crippen LogP contribution in [-0.2, 0) is 4.79 Å². The predicted molar refractivity (Wildman–Crippen MR) is 123 cm³/mol. The maximum atomic E-state index is 12.4. The van der Waals surface area contributed by atoms with Crippen molar-refractivity contribution in [3.05, 3.63) is 36.0 Å². The van der Waals surface area contributed by atoms with E-state index in [2.05, 4.69) is 20.9 Å². The average Bonchev–Trinajstić information content (AvgIpc) is 3.65. The van der Waals surface area contributed by atoms with Gasteiger partial charge in [0.2, 0.25) is 5.91 Å². The lowest BCUT2D eigenvalue weighted by Crippen LogP contribution is -2.21. The number of methoxy groups -OCH3 is 1. The molecule has 1 heterocycles. The standard InChI is InChI=1S/C24H30N4O4/c1-25-24(30)17-14-26-21(28-23(29)15-11-12-15)13-19(17)27-18-9-6-10-20(22(18)31-2)32-16-7-4-3-5-8-16/h6,9-10,13-16H,3-5,7-8,11-12H2,1-2H3,(H,25,30)(H2,26,27,28,29). The second-order valence-electron chi connectivity index (χ2n) is 8.30. The molecule has 8 nitrogen and oxygen atoms in total. The monoisotopic (exact) mass is 438 g/mol. The molecule has 3 N–H and O–H groups in total. The molecule has 2 fully saturated rings. The van der Waals surface area contributed by atoms with Gasteiger partial charge >= 0.3 is 0 Å². The third-order valence-corrected chi connectivity index (χ3v) is 5.87. The predicted octanol–water partition coefficient (Wildman–Crippen LogP) is 4.25. The van der Waals surface area contributed by atoms with Crippen LogP contribution in [0, 0.1) is 5.92 Å². The topological polar surface area (TPSA) is 102 Å². The Hall–Kier alpha value is -3.29. The van der Waals surface area contributed by atoms with Crippen molar-refractivity contribution in [2.24, 2.45) is 5.92 Å². The molecule has 1 aromatic carbocycles. The van der Waals surface area contributed by atoms with Crippen molar-refractivity contribution >= 4 is 29.0 Å². The number of nitrogens with one attached hydrogen (secondary N) is 3. The zero-order valence-electron chi connectivity index (χ0n) is 18.6. The van der Waals surface area contributed by atoms with Gasteiger partial charge in [-0.25, -0.2) is 4.98 Å². The van der Waals surface area contributed by atoms with Crippen LogP contribution in [0.1, 0.15) is 55.3 Å². The lowest BCUT2D eigenvalue weighted by molar-refractivity contribution is -0.117. The molecule has 0 spiro atoms. The fourth-order valence-corrected chi connectivity index (χ4v) is 3.94. The van der Waals surface area contributed by atoms with Crippen LogP contribution in [0.5, 0.6) is 11.5 Å². The van der Waals surface area contributed by atoms with Gasteiger partial charge < -0.3 is 25.4 Å². The van der Waals surface area contributed by atoms with Crippen LogP contribution in [0.4, 0.5) is 17.2 Å². The molecule has 0 radical (unpaired) electrons. The Balaban J connectivity index is 1.61. The van der Waals surface area contributed by atoms with E-state index in [4.69, 9.17) is 9.47 Å². The lowest BCUT2D eigenvalue weighted by Gasteiger charge is -2.25. The number of rotatable bonds is 8. The minimum absolute atomic E-state index is 0.0448. The van der Waals surface area contributed by atoms with E-state index >= 15 is 0 Å². The van der Waals surface area contributed by atoms with Crippen molar-refractivity contribution in [3.8, 4) is 11.5 Å². The molecular weight excluding hydrogens is 408 g/mol. The maximum absolute atomic E-state index is 12.4. The molecule has 170 valence electrons. The highest BCUT2D eigenvalue weighted by atomic mass is 16.5. The first-order chi connectivity index (χ1) is 15.6. The lowest BCUT2D eigenvalue weighted by atomic mass is 9.98. The van der Waals surface area contributed by atoms with E-state index in [0.717, 1.165) is 25.7 Å². The summed E-state index contributed by atoms with van der Waals surface area (Å²) >= 11 is 0. The fourth-order valence-electron chi connectivity index (χ4n) is 3.94. The molecule has 0 aliphatic heterocycles. The number of hydrogen-bond acceptors (Lipinski definition) is 6. The van der Waals surface area contributed by atoms with Gasteiger partial charge in [-0.3, -0.25) is 9.59 Å². The Labute approximate surface area is 188 Å². The van der Waals surface area contributed by atoms with Crippen LogP contribution < -0.4 is 25.4 Å². The summed E-state index contributed by atoms with van der Waals surface area (Å²) in [5.41, 5.74) is 1.53. The van der Waals surface area contributed by atoms with Crippen LogP contribution in [0.2, 0.25) is 0 Å². The van der Waals surface area contributed by atoms with Crippen molar-refractivity contribution in [2.45, 2.75) is 51.0 Å². The van der Waals surface area contributed by atoms with E-state index in [1.54, 1.807) is 20.2 Å². The summed E-state index contributed by atoms with van der Waals surface area (Å²) in [6.07, 6.45) is 9.11. The second kappa shape index (κ2) is 9.89. The average molecular weight is 439 g/mol. The number of hydrogen-bond donors (Lipinski definition) is 3. The Kier molecular flexibility index (Phi) is 6.78. The Bertz CT molecular complexity index is 984. The molecule has 2 aliphatic carbocycles. The SMILES string of the molecule is CNC(=O)c1cnc(NC(=O)C2CC2)cc1Nc1cccc(OC2CCCCC2)c1OC. The highest BCUT2D eigenvalue weighted by molar-refractivity contribution is 6.01. The number of pyridine rings is 1. The summed E-state index contributed by atoms with van der Waals surface area (Å²) in [4.78, 5) is 28.8. The van der Waals surface area contributed by atoms with Crippen LogP contribution in [0.3, 0.4) is 0 Å². The Morgan fingerprint density at radius 1 is 1.06 bits per heavy atom. The third-order valence-electron chi connectivity index (χ3n) is 5.87. The Morgan fingerprint density at radius 2 is 1.84 bits per heavy atom. The molecule has 1 aromatic heterocycles. The summed E-state index contributed by atoms with van der Waals surface area (Å²) in [5.74, 6) is 1.36. The van der Waals surface area contributed by atoms with Crippen molar-refractivity contribution in [1.29, 1.82) is 0 Å². The van der Waals surface area contributed by atoms with Gasteiger partial charge in [-0.05, 0) is 50.7 Å². The third kappa shape index (κ3) is 5.12. The summed E-state index contributed by atoms with van der Waals surface area (Å²) in [7, 11) is 3.16. The number of carbonyl (C=O) groups is 2. The molecule has 2 amide bonds. The number of benzene rings is 1. The van der Waals surface area contributed by atoms with Crippen molar-refractivity contribution in [1.82, 2.24) is 10.3 Å². The van der Waals surface area contributed by atoms with Gasteiger partial charge in [0, 0.05) is 25.2 Å². The van der Waals surface area contributed by atoms with Crippen LogP contribution in [-0.4, -0.2) is 37.1 Å². The second-order valence-corrected chi connectivity index (χ2v) is 8.30. The van der Waals surface area contributed by atoms with E-state index in [1.807, 2.05) is 18.2 Å². The molecule has 0 saturated heterocycles. The molecule has 2 aromatic rings. The zero-order valence-corrected chi connectivity index (χ0v) is 18.6. The van der Waals surface area contributed by atoms with Crippen molar-refractivity contribution < 1.29 is 19.1 Å². The smallest absolute Gasteiger partial charge is 0.254 e. The summed E-state index contributed by atoms with van der Waals surface area (Å²) < 4.78 is 11.9. The number of para-hydroxylation sites is 1. The molecule has 0 unspecified atom stereocenters. The summed E-state index contributed by atoms with van der Waals surface area (Å²) in [5, 5.41) is 8.74. The van der Waals surface area contributed by atoms with E-state index in [9.17, 15) is 9.59 Å². The van der Waals surface area contributed by atoms with Gasteiger partial charge in [0.05, 0.1) is 30.2 Å². The van der Waals surface area contributed by atoms with Crippen molar-refractivity contribution in [3.63, 3.8) is 0 Å². The van der Waals surface area contributed by atoms with Gasteiger partial charge in [-0.2, -0.15) is 0 Å². The first-order valence-corrected chi connectivity index (χ1v) is 11.2. The number of carbonyl (C=O) groups excluding carboxylic acids is 2. The van der Waals surface area contributed by atoms with Gasteiger partial charge in [-0.15, -0.1) is 0 Å². The van der Waals surface area contributed by atoms with Crippen LogP contribution in [0.25, 0.3) is 0 Å². The summed E-state index contributed by atoms with van der Waals surface area (Å²) in [6, 6.07) is 7.31. The van der Waals surface area contributed by atoms with E-state index in [0.29, 0.717) is 34.3 Å². The zero-order chi connectivity index (χ0) is 22.5. The molecular formula is C24H30N4O4. The first kappa shape index (κ1) is 21.9. The molecule has 8 heteroatoms. The molecule has 2 saturated carbocycles. The number of anilines is 3. The van der Waals surface area contributed by atoms with Gasteiger partial charge in [0.1, 0.15) is 5.82 Å². The highest BCUT2D eigenvalue weighted by Crippen LogP contribution is 2.39. The van der Waals surface area contributed by atoms with Gasteiger partial charge in [0.25, 0.3) is 5.91 Å². The molecule has 2 aliphatic rings. The molecule has 0 atom stereocenters. The number of nitrogens with zero attached hydrogens (tertiary/aromatic N) is 1. The summed E-state index contributed by atoms with van der Waals surface area (Å²) in [6.45, 7) is 0. The molecule has 32 heavy (non-hydrogen) atoms. The minimum atomic E-state index is -0.284. The van der Waals surface area contributed by atoms with Crippen LogP contribution in [0.15, 0.2) is 30.5 Å². The van der Waals surface area contributed by atoms with E-state index < -0.39 is 0 Å². The van der Waals surface area contributed by atoms with Crippen molar-refractivity contribution in [2.75, 3.05) is 24.8 Å².